The Kier molecular flexibility index (Phi) is 10.2. The van der Waals surface area contributed by atoms with Gasteiger partial charge in [0.1, 0.15) is 11.5 Å². The van der Waals surface area contributed by atoms with Gasteiger partial charge in [-0.2, -0.15) is 26.3 Å². The average molecular weight is 699 g/mol. The van der Waals surface area contributed by atoms with E-state index in [4.69, 9.17) is 16.3 Å². The van der Waals surface area contributed by atoms with Crippen molar-refractivity contribution < 1.29 is 45.8 Å². The van der Waals surface area contributed by atoms with E-state index < -0.39 is 53.5 Å². The van der Waals surface area contributed by atoms with Crippen LogP contribution in [0, 0.1) is 0 Å². The molecule has 5 aromatic rings. The molecule has 0 aliphatic carbocycles. The molecule has 1 atom stereocenters. The molecule has 6 nitrogen and oxygen atoms in total. The molecule has 0 radical (unpaired) electrons. The van der Waals surface area contributed by atoms with Gasteiger partial charge in [-0.15, -0.1) is 0 Å². The van der Waals surface area contributed by atoms with E-state index in [-0.39, 0.29) is 22.3 Å². The minimum Gasteiger partial charge on any atom is -0.481 e. The molecular formula is C36H25ClF6N2O4. The molecule has 0 aliphatic rings. The van der Waals surface area contributed by atoms with Crippen LogP contribution < -0.4 is 15.4 Å². The van der Waals surface area contributed by atoms with E-state index >= 15 is 0 Å². The number of ether oxygens (including phenoxy) is 1. The Labute approximate surface area is 280 Å². The van der Waals surface area contributed by atoms with Gasteiger partial charge in [0.2, 0.25) is 0 Å². The summed E-state index contributed by atoms with van der Waals surface area (Å²) in [6.07, 6.45) is -10.7. The number of rotatable bonds is 10. The molecule has 5 aromatic carbocycles. The van der Waals surface area contributed by atoms with Crippen LogP contribution in [0.5, 0.6) is 11.5 Å². The fourth-order valence-electron chi connectivity index (χ4n) is 4.96. The van der Waals surface area contributed by atoms with E-state index in [0.717, 1.165) is 17.2 Å². The number of carboxylic acid groups (broad SMARTS) is 1. The van der Waals surface area contributed by atoms with Crippen LogP contribution in [0.2, 0.25) is 5.02 Å². The molecule has 3 N–H and O–H groups in total. The third-order valence-electron chi connectivity index (χ3n) is 7.26. The van der Waals surface area contributed by atoms with Gasteiger partial charge in [0.05, 0.1) is 34.8 Å². The second kappa shape index (κ2) is 14.3. The highest BCUT2D eigenvalue weighted by atomic mass is 35.5. The molecule has 0 spiro atoms. The van der Waals surface area contributed by atoms with Crippen LogP contribution in [0.4, 0.5) is 37.7 Å². The normalized spacial score (nSPS) is 12.2. The smallest absolute Gasteiger partial charge is 0.416 e. The van der Waals surface area contributed by atoms with E-state index in [1.165, 1.54) is 12.1 Å². The van der Waals surface area contributed by atoms with Gasteiger partial charge < -0.3 is 20.5 Å². The maximum absolute atomic E-state index is 13.6. The molecule has 0 aliphatic heterocycles. The summed E-state index contributed by atoms with van der Waals surface area (Å²) >= 11 is 6.10. The number of carboxylic acids is 1. The molecule has 0 aromatic heterocycles. The number of carbonyl (C=O) groups excluding carboxylic acids is 1. The Bertz CT molecular complexity index is 1930. The van der Waals surface area contributed by atoms with Crippen molar-refractivity contribution in [2.24, 2.45) is 0 Å². The van der Waals surface area contributed by atoms with Gasteiger partial charge in [0, 0.05) is 16.3 Å². The van der Waals surface area contributed by atoms with Gasteiger partial charge in [-0.05, 0) is 65.7 Å². The first-order valence-corrected chi connectivity index (χ1v) is 14.9. The Hall–Kier alpha value is -5.49. The van der Waals surface area contributed by atoms with Gasteiger partial charge in [-0.3, -0.25) is 9.59 Å². The number of hydrogen-bond donors (Lipinski definition) is 3. The number of halogens is 7. The third-order valence-corrected chi connectivity index (χ3v) is 7.49. The summed E-state index contributed by atoms with van der Waals surface area (Å²) in [5, 5.41) is 14.7. The summed E-state index contributed by atoms with van der Waals surface area (Å²) in [6.45, 7) is 0. The topological polar surface area (TPSA) is 87.7 Å². The lowest BCUT2D eigenvalue weighted by atomic mass is 9.98. The van der Waals surface area contributed by atoms with E-state index in [9.17, 15) is 41.0 Å². The largest absolute Gasteiger partial charge is 0.481 e. The molecule has 0 heterocycles. The maximum atomic E-state index is 13.6. The minimum atomic E-state index is -5.09. The number of hydrogen-bond acceptors (Lipinski definition) is 4. The van der Waals surface area contributed by atoms with Crippen LogP contribution in [-0.2, 0) is 17.1 Å². The zero-order valence-electron chi connectivity index (χ0n) is 25.1. The van der Waals surface area contributed by atoms with Crippen LogP contribution in [0.3, 0.4) is 0 Å². The Balaban J connectivity index is 1.42. The van der Waals surface area contributed by atoms with Crippen LogP contribution in [0.15, 0.2) is 115 Å². The highest BCUT2D eigenvalue weighted by molar-refractivity contribution is 6.31. The van der Waals surface area contributed by atoms with Gasteiger partial charge in [-0.25, -0.2) is 0 Å². The monoisotopic (exact) mass is 698 g/mol. The van der Waals surface area contributed by atoms with Gasteiger partial charge >= 0.3 is 18.3 Å². The highest BCUT2D eigenvalue weighted by Gasteiger charge is 2.37. The summed E-state index contributed by atoms with van der Waals surface area (Å²) in [6, 6.07) is 26.6. The first kappa shape index (κ1) is 34.8. The number of aliphatic carboxylic acids is 1. The molecule has 1 unspecified atom stereocenters. The second-order valence-corrected chi connectivity index (χ2v) is 11.2. The predicted octanol–water partition coefficient (Wildman–Crippen LogP) is 10.5. The summed E-state index contributed by atoms with van der Waals surface area (Å²) < 4.78 is 86.7. The Morgan fingerprint density at radius 3 is 1.98 bits per heavy atom. The second-order valence-electron chi connectivity index (χ2n) is 10.8. The molecule has 0 saturated carbocycles. The Morgan fingerprint density at radius 2 is 1.37 bits per heavy atom. The van der Waals surface area contributed by atoms with Gasteiger partial charge in [0.15, 0.2) is 0 Å². The molecule has 13 heteroatoms. The number of nitrogens with one attached hydrogen (secondary N) is 2. The van der Waals surface area contributed by atoms with Crippen molar-refractivity contribution in [3.63, 3.8) is 0 Å². The third kappa shape index (κ3) is 8.90. The number of carbonyl (C=O) groups is 2. The predicted molar refractivity (Wildman–Crippen MR) is 172 cm³/mol. The van der Waals surface area contributed by atoms with Gasteiger partial charge in [0.25, 0.3) is 5.91 Å². The minimum absolute atomic E-state index is 0.0165. The molecule has 5 rings (SSSR count). The van der Waals surface area contributed by atoms with Crippen LogP contribution in [0.1, 0.15) is 39.5 Å². The molecule has 0 saturated heterocycles. The number of amides is 1. The van der Waals surface area contributed by atoms with Crippen molar-refractivity contribution in [3.8, 4) is 22.6 Å². The van der Waals surface area contributed by atoms with Crippen molar-refractivity contribution in [1.82, 2.24) is 5.32 Å². The molecule has 252 valence electrons. The summed E-state index contributed by atoms with van der Waals surface area (Å²) in [4.78, 5) is 25.4. The highest BCUT2D eigenvalue weighted by Crippen LogP contribution is 2.39. The molecule has 1 amide bonds. The maximum Gasteiger partial charge on any atom is 0.416 e. The van der Waals surface area contributed by atoms with Crippen molar-refractivity contribution in [2.45, 2.75) is 24.8 Å². The molecule has 0 fully saturated rings. The van der Waals surface area contributed by atoms with Crippen molar-refractivity contribution in [2.75, 3.05) is 5.32 Å². The van der Waals surface area contributed by atoms with Crippen molar-refractivity contribution in [1.29, 1.82) is 0 Å². The number of alkyl halides is 6. The zero-order valence-corrected chi connectivity index (χ0v) is 25.8. The van der Waals surface area contributed by atoms with Crippen LogP contribution in [-0.4, -0.2) is 17.0 Å². The summed E-state index contributed by atoms with van der Waals surface area (Å²) in [5.41, 5.74) is -2.23. The Morgan fingerprint density at radius 1 is 0.755 bits per heavy atom. The number of benzene rings is 5. The van der Waals surface area contributed by atoms with E-state index in [0.29, 0.717) is 29.2 Å². The molecule has 0 bridgehead atoms. The zero-order chi connectivity index (χ0) is 35.3. The van der Waals surface area contributed by atoms with Crippen molar-refractivity contribution >= 4 is 34.9 Å². The lowest BCUT2D eigenvalue weighted by Gasteiger charge is -2.20. The number of anilines is 2. The van der Waals surface area contributed by atoms with Crippen LogP contribution in [0.25, 0.3) is 11.1 Å². The van der Waals surface area contributed by atoms with E-state index in [1.807, 2.05) is 36.4 Å². The number of para-hydroxylation sites is 2. The first-order valence-electron chi connectivity index (χ1n) is 14.5. The lowest BCUT2D eigenvalue weighted by Crippen LogP contribution is -2.30. The fourth-order valence-corrected chi connectivity index (χ4v) is 5.14. The molecule has 49 heavy (non-hydrogen) atoms. The van der Waals surface area contributed by atoms with E-state index in [1.54, 1.807) is 42.5 Å². The fraction of sp³-hybridized carbons (Fsp3) is 0.111. The SMILES string of the molecule is O=C(O)CC(NC(=O)c1cc(Cl)ccc1Nc1cc(C(F)(F)F)cc(C(F)(F)F)c1)c1ccc(-c2ccccc2Oc2ccccc2)cc1. The summed E-state index contributed by atoms with van der Waals surface area (Å²) in [7, 11) is 0. The van der Waals surface area contributed by atoms with Crippen LogP contribution >= 0.6 is 11.6 Å². The van der Waals surface area contributed by atoms with Gasteiger partial charge in [-0.1, -0.05) is 72.3 Å². The quantitative estimate of drug-likeness (QED) is 0.126. The first-order chi connectivity index (χ1) is 23.2. The average Bonchev–Trinajstić information content (AvgIpc) is 3.05. The molecular weight excluding hydrogens is 674 g/mol. The van der Waals surface area contributed by atoms with E-state index in [2.05, 4.69) is 10.6 Å². The lowest BCUT2D eigenvalue weighted by molar-refractivity contribution is -0.143. The summed E-state index contributed by atoms with van der Waals surface area (Å²) in [5.74, 6) is -0.936. The van der Waals surface area contributed by atoms with Crippen molar-refractivity contribution in [3.05, 3.63) is 143 Å². The standard InChI is InChI=1S/C36H25ClF6N2O4/c37-25-14-15-30(44-26-17-23(35(38,39)40)16-24(18-26)36(41,42)43)29(19-25)34(48)45-31(20-33(46)47)22-12-10-21(11-13-22)28-8-4-5-9-32(28)49-27-6-2-1-3-7-27/h1-19,31,44H,20H2,(H,45,48)(H,46,47).